The van der Waals surface area contributed by atoms with Gasteiger partial charge >= 0.3 is 0 Å². The number of carbonyl (C=O) groups excluding carboxylic acids is 2. The number of rotatable bonds is 7. The van der Waals surface area contributed by atoms with E-state index in [1.165, 1.54) is 13.0 Å². The minimum absolute atomic E-state index is 0.125. The minimum Gasteiger partial charge on any atom is -0.298 e. The molecule has 0 aliphatic carbocycles. The second-order valence-corrected chi connectivity index (χ2v) is 11.2. The Labute approximate surface area is 237 Å². The monoisotopic (exact) mass is 574 g/mol. The number of fused-ring (bicyclic) bond motifs is 1. The smallest absolute Gasteiger partial charge is 0.270 e. The van der Waals surface area contributed by atoms with Gasteiger partial charge < -0.3 is 0 Å². The summed E-state index contributed by atoms with van der Waals surface area (Å²) in [4.78, 5) is 28.9. The first kappa shape index (κ1) is 29.8. The molecule has 2 amide bonds. The lowest BCUT2D eigenvalue weighted by atomic mass is 9.98. The normalized spacial score (nSPS) is 18.9. The fraction of sp³-hybridized carbons (Fsp3) is 0.433. The van der Waals surface area contributed by atoms with Gasteiger partial charge in [-0.05, 0) is 68.7 Å². The molecule has 0 radical (unpaired) electrons. The average Bonchev–Trinajstić information content (AvgIpc) is 3.27. The molecule has 0 N–H and O–H groups in total. The molecule has 40 heavy (non-hydrogen) atoms. The highest BCUT2D eigenvalue weighted by Gasteiger charge is 2.38. The Morgan fingerprint density at radius 1 is 1.20 bits per heavy atom. The number of aromatic nitrogens is 2. The summed E-state index contributed by atoms with van der Waals surface area (Å²) in [6.45, 7) is 8.62. The van der Waals surface area contributed by atoms with Crippen LogP contribution in [-0.4, -0.2) is 62.7 Å². The van der Waals surface area contributed by atoms with E-state index in [-0.39, 0.29) is 29.7 Å². The number of benzene rings is 2. The van der Waals surface area contributed by atoms with Crippen LogP contribution in [0.25, 0.3) is 17.0 Å². The van der Waals surface area contributed by atoms with E-state index >= 15 is 4.39 Å². The van der Waals surface area contributed by atoms with Crippen LogP contribution < -0.4 is 0 Å². The zero-order valence-corrected chi connectivity index (χ0v) is 24.1. The summed E-state index contributed by atoms with van der Waals surface area (Å²) >= 11 is 5.96. The first-order valence-corrected chi connectivity index (χ1v) is 13.7. The predicted octanol–water partition coefficient (Wildman–Crippen LogP) is 6.45. The standard InChI is InChI=1S/C30H34ClF3N4O2/c1-18(2)36-11-10-28(26(32)17-36)38(20(4)39)29(40)19(3)12-21-6-9-27-23(13-21)15-35-37(27)16-22-7-8-24(31)14-25(22)30(5,33)34/h6-9,12-15,18,26,28H,10-11,16-17H2,1-5H3/b19-12+/t26-,28-/m1/s1. The van der Waals surface area contributed by atoms with Crippen molar-refractivity contribution in [1.82, 2.24) is 19.6 Å². The first-order valence-electron chi connectivity index (χ1n) is 13.3. The van der Waals surface area contributed by atoms with Crippen LogP contribution in [-0.2, 0) is 22.1 Å². The van der Waals surface area contributed by atoms with Gasteiger partial charge in [0.05, 0.1) is 24.3 Å². The lowest BCUT2D eigenvalue weighted by Gasteiger charge is -2.41. The summed E-state index contributed by atoms with van der Waals surface area (Å²) in [5.74, 6) is -4.07. The minimum atomic E-state index is -3.06. The van der Waals surface area contributed by atoms with Crippen molar-refractivity contribution >= 4 is 40.4 Å². The van der Waals surface area contributed by atoms with Crippen LogP contribution in [0.15, 0.2) is 48.2 Å². The zero-order valence-electron chi connectivity index (χ0n) is 23.3. The van der Waals surface area contributed by atoms with Crippen LogP contribution in [0.3, 0.4) is 0 Å². The lowest BCUT2D eigenvalue weighted by Crippen LogP contribution is -2.56. The van der Waals surface area contributed by atoms with Crippen molar-refractivity contribution < 1.29 is 22.8 Å². The van der Waals surface area contributed by atoms with Gasteiger partial charge in [0, 0.05) is 54.5 Å². The molecule has 0 saturated carbocycles. The number of hydrogen-bond donors (Lipinski definition) is 0. The van der Waals surface area contributed by atoms with Gasteiger partial charge in [-0.1, -0.05) is 23.7 Å². The predicted molar refractivity (Wildman–Crippen MR) is 151 cm³/mol. The van der Waals surface area contributed by atoms with Crippen molar-refractivity contribution in [3.63, 3.8) is 0 Å². The highest BCUT2D eigenvalue weighted by atomic mass is 35.5. The third-order valence-electron chi connectivity index (χ3n) is 7.41. The third-order valence-corrected chi connectivity index (χ3v) is 7.64. The molecule has 2 heterocycles. The molecular weight excluding hydrogens is 541 g/mol. The SMILES string of the molecule is CC(=O)N(C(=O)/C(C)=C/c1ccc2c(cnn2Cc2ccc(Cl)cc2C(C)(F)F)c1)[C@@H]1CCN(C(C)C)C[C@H]1F. The van der Waals surface area contributed by atoms with E-state index in [1.54, 1.807) is 48.1 Å². The van der Waals surface area contributed by atoms with Crippen LogP contribution >= 0.6 is 11.6 Å². The van der Waals surface area contributed by atoms with E-state index in [0.717, 1.165) is 22.7 Å². The van der Waals surface area contributed by atoms with Crippen molar-refractivity contribution in [2.45, 2.75) is 71.8 Å². The van der Waals surface area contributed by atoms with E-state index < -0.39 is 30.0 Å². The first-order chi connectivity index (χ1) is 18.8. The van der Waals surface area contributed by atoms with Gasteiger partial charge in [0.15, 0.2) is 0 Å². The van der Waals surface area contributed by atoms with E-state index in [2.05, 4.69) is 5.10 Å². The van der Waals surface area contributed by atoms with Crippen LogP contribution in [0, 0.1) is 0 Å². The van der Waals surface area contributed by atoms with Gasteiger partial charge in [0.25, 0.3) is 11.8 Å². The summed E-state index contributed by atoms with van der Waals surface area (Å²) in [5, 5.41) is 5.37. The number of imide groups is 1. The quantitative estimate of drug-likeness (QED) is 0.304. The third kappa shape index (κ3) is 6.41. The highest BCUT2D eigenvalue weighted by Crippen LogP contribution is 2.33. The lowest BCUT2D eigenvalue weighted by molar-refractivity contribution is -0.147. The van der Waals surface area contributed by atoms with E-state index in [4.69, 9.17) is 11.6 Å². The number of halogens is 4. The summed E-state index contributed by atoms with van der Waals surface area (Å²) < 4.78 is 45.1. The van der Waals surface area contributed by atoms with Crippen molar-refractivity contribution in [3.8, 4) is 0 Å². The van der Waals surface area contributed by atoms with Gasteiger partial charge in [-0.3, -0.25) is 24.1 Å². The second-order valence-electron chi connectivity index (χ2n) is 10.8. The molecule has 2 atom stereocenters. The van der Waals surface area contributed by atoms with Crippen molar-refractivity contribution in [3.05, 3.63) is 69.9 Å². The molecule has 0 unspecified atom stereocenters. The van der Waals surface area contributed by atoms with Crippen LogP contribution in [0.4, 0.5) is 13.2 Å². The van der Waals surface area contributed by atoms with E-state index in [0.29, 0.717) is 29.7 Å². The van der Waals surface area contributed by atoms with Crippen LogP contribution in [0.5, 0.6) is 0 Å². The molecule has 3 aromatic rings. The molecule has 1 fully saturated rings. The van der Waals surface area contributed by atoms with Gasteiger partial charge in [-0.2, -0.15) is 5.10 Å². The Morgan fingerprint density at radius 3 is 2.55 bits per heavy atom. The van der Waals surface area contributed by atoms with Crippen LogP contribution in [0.2, 0.25) is 5.02 Å². The van der Waals surface area contributed by atoms with Gasteiger partial charge in [-0.25, -0.2) is 13.2 Å². The summed E-state index contributed by atoms with van der Waals surface area (Å²) in [6.07, 6.45) is 2.33. The molecule has 1 saturated heterocycles. The Balaban J connectivity index is 1.56. The Morgan fingerprint density at radius 2 is 1.93 bits per heavy atom. The zero-order chi connectivity index (χ0) is 29.4. The van der Waals surface area contributed by atoms with Crippen LogP contribution in [0.1, 0.15) is 57.7 Å². The molecule has 1 aromatic heterocycles. The molecule has 1 aliphatic rings. The van der Waals surface area contributed by atoms with Crippen molar-refractivity contribution in [2.24, 2.45) is 0 Å². The molecule has 1 aliphatic heterocycles. The fourth-order valence-corrected chi connectivity index (χ4v) is 5.45. The highest BCUT2D eigenvalue weighted by molar-refractivity contribution is 6.30. The number of amides is 2. The second kappa shape index (κ2) is 11.7. The van der Waals surface area contributed by atoms with Crippen molar-refractivity contribution in [1.29, 1.82) is 0 Å². The Kier molecular flexibility index (Phi) is 8.75. The number of likely N-dealkylation sites (tertiary alicyclic amines) is 1. The number of carbonyl (C=O) groups is 2. The Bertz CT molecular complexity index is 1450. The number of piperidine rings is 1. The molecule has 0 bridgehead atoms. The molecule has 6 nitrogen and oxygen atoms in total. The summed E-state index contributed by atoms with van der Waals surface area (Å²) in [6, 6.07) is 9.20. The van der Waals surface area contributed by atoms with E-state index in [1.807, 2.05) is 24.8 Å². The largest absolute Gasteiger partial charge is 0.298 e. The topological polar surface area (TPSA) is 58.4 Å². The maximum absolute atomic E-state index is 15.1. The Hall–Kier alpha value is -3.17. The molecule has 10 heteroatoms. The molecular formula is C30H34ClF3N4O2. The fourth-order valence-electron chi connectivity index (χ4n) is 5.28. The summed E-state index contributed by atoms with van der Waals surface area (Å²) in [7, 11) is 0. The van der Waals surface area contributed by atoms with Gasteiger partial charge in [0.1, 0.15) is 6.17 Å². The van der Waals surface area contributed by atoms with Gasteiger partial charge in [-0.15, -0.1) is 0 Å². The molecule has 214 valence electrons. The average molecular weight is 575 g/mol. The number of nitrogens with zero attached hydrogens (tertiary/aromatic N) is 4. The van der Waals surface area contributed by atoms with Crippen molar-refractivity contribution in [2.75, 3.05) is 13.1 Å². The maximum atomic E-state index is 15.1. The number of hydrogen-bond acceptors (Lipinski definition) is 4. The van der Waals surface area contributed by atoms with E-state index in [9.17, 15) is 18.4 Å². The molecule has 0 spiro atoms. The van der Waals surface area contributed by atoms with Gasteiger partial charge in [0.2, 0.25) is 5.91 Å². The number of alkyl halides is 3. The maximum Gasteiger partial charge on any atom is 0.270 e. The molecule has 4 rings (SSSR count). The molecule has 2 aromatic carbocycles. The summed E-state index contributed by atoms with van der Waals surface area (Å²) in [5.41, 5.74) is 1.97.